The molecule has 132 valence electrons. The highest BCUT2D eigenvalue weighted by atomic mass is 32.2. The van der Waals surface area contributed by atoms with Gasteiger partial charge in [-0.15, -0.1) is 0 Å². The molecular formula is C16H24N4O3S. The number of nitrogens with one attached hydrogen (secondary N) is 1. The minimum absolute atomic E-state index is 0.172. The van der Waals surface area contributed by atoms with Gasteiger partial charge in [0.2, 0.25) is 0 Å². The molecule has 0 bridgehead atoms. The largest absolute Gasteiger partial charge is 0.379 e. The zero-order valence-electron chi connectivity index (χ0n) is 13.9. The Hall–Kier alpha value is -1.50. The van der Waals surface area contributed by atoms with Gasteiger partial charge in [-0.05, 0) is 11.1 Å². The van der Waals surface area contributed by atoms with Crippen molar-refractivity contribution in [2.24, 2.45) is 0 Å². The van der Waals surface area contributed by atoms with Crippen molar-refractivity contribution in [2.45, 2.75) is 19.5 Å². The summed E-state index contributed by atoms with van der Waals surface area (Å²) in [7, 11) is -2.11. The van der Waals surface area contributed by atoms with Crippen LogP contribution in [0.3, 0.4) is 0 Å². The molecule has 1 aromatic carbocycles. The molecule has 1 saturated heterocycles. The predicted molar refractivity (Wildman–Crippen MR) is 91.2 cm³/mol. The first-order valence-corrected chi connectivity index (χ1v) is 9.41. The molecule has 7 nitrogen and oxygen atoms in total. The summed E-state index contributed by atoms with van der Waals surface area (Å²) in [5.74, 6) is 0. The quantitative estimate of drug-likeness (QED) is 0.744. The van der Waals surface area contributed by atoms with Crippen molar-refractivity contribution in [3.8, 4) is 6.07 Å². The van der Waals surface area contributed by atoms with Crippen LogP contribution in [0.15, 0.2) is 24.3 Å². The van der Waals surface area contributed by atoms with E-state index in [2.05, 4.69) is 9.62 Å². The molecule has 1 aliphatic rings. The van der Waals surface area contributed by atoms with E-state index in [0.29, 0.717) is 0 Å². The van der Waals surface area contributed by atoms with E-state index in [1.54, 1.807) is 0 Å². The van der Waals surface area contributed by atoms with Crippen LogP contribution in [0.4, 0.5) is 0 Å². The lowest BCUT2D eigenvalue weighted by molar-refractivity contribution is 0.0341. The lowest BCUT2D eigenvalue weighted by Gasteiger charge is -2.27. The third-order valence-electron chi connectivity index (χ3n) is 4.01. The monoisotopic (exact) mass is 352 g/mol. The van der Waals surface area contributed by atoms with Crippen LogP contribution >= 0.6 is 0 Å². The Morgan fingerprint density at radius 3 is 2.62 bits per heavy atom. The highest BCUT2D eigenvalue weighted by Crippen LogP contribution is 2.13. The molecule has 1 heterocycles. The summed E-state index contributed by atoms with van der Waals surface area (Å²) in [6, 6.07) is 9.79. The highest BCUT2D eigenvalue weighted by molar-refractivity contribution is 7.87. The molecule has 1 N–H and O–H groups in total. The fourth-order valence-corrected chi connectivity index (χ4v) is 3.38. The maximum atomic E-state index is 12.2. The number of hydrogen-bond donors (Lipinski definition) is 1. The lowest BCUT2D eigenvalue weighted by Crippen LogP contribution is -2.39. The fraction of sp³-hybridized carbons (Fsp3) is 0.562. The molecule has 1 aliphatic heterocycles. The van der Waals surface area contributed by atoms with Crippen LogP contribution in [0.5, 0.6) is 0 Å². The highest BCUT2D eigenvalue weighted by Gasteiger charge is 2.18. The van der Waals surface area contributed by atoms with Crippen LogP contribution in [-0.4, -0.2) is 57.5 Å². The summed E-state index contributed by atoms with van der Waals surface area (Å²) in [5.41, 5.74) is 2.07. The average molecular weight is 352 g/mol. The van der Waals surface area contributed by atoms with E-state index in [0.717, 1.165) is 44.0 Å². The summed E-state index contributed by atoms with van der Waals surface area (Å²) in [6.45, 7) is 4.44. The first kappa shape index (κ1) is 18.8. The maximum Gasteiger partial charge on any atom is 0.279 e. The third kappa shape index (κ3) is 5.54. The zero-order valence-corrected chi connectivity index (χ0v) is 14.8. The van der Waals surface area contributed by atoms with Gasteiger partial charge in [-0.3, -0.25) is 4.90 Å². The topological polar surface area (TPSA) is 85.7 Å². The predicted octanol–water partition coefficient (Wildman–Crippen LogP) is 0.699. The molecular weight excluding hydrogens is 328 g/mol. The number of nitrogens with zero attached hydrogens (tertiary/aromatic N) is 3. The second-order valence-electron chi connectivity index (χ2n) is 5.71. The van der Waals surface area contributed by atoms with Gasteiger partial charge in [-0.2, -0.15) is 22.7 Å². The van der Waals surface area contributed by atoms with E-state index in [1.165, 1.54) is 11.4 Å². The minimum Gasteiger partial charge on any atom is -0.379 e. The molecule has 0 saturated carbocycles. The normalized spacial score (nSPS) is 16.2. The second-order valence-corrected chi connectivity index (χ2v) is 7.58. The Bertz CT molecular complexity index is 666. The van der Waals surface area contributed by atoms with Gasteiger partial charge in [0.25, 0.3) is 10.2 Å². The molecule has 0 aromatic heterocycles. The molecule has 0 atom stereocenters. The van der Waals surface area contributed by atoms with Crippen LogP contribution in [0.25, 0.3) is 0 Å². The SMILES string of the molecule is CN(CCC#N)S(=O)(=O)NCc1ccccc1CN1CCOCC1. The fourth-order valence-electron chi connectivity index (χ4n) is 2.49. The van der Waals surface area contributed by atoms with Crippen molar-refractivity contribution in [1.82, 2.24) is 13.9 Å². The molecule has 0 aliphatic carbocycles. The summed E-state index contributed by atoms with van der Waals surface area (Å²) in [5, 5.41) is 8.58. The molecule has 0 radical (unpaired) electrons. The summed E-state index contributed by atoms with van der Waals surface area (Å²) in [6.07, 6.45) is 0.172. The Kier molecular flexibility index (Phi) is 7.15. The molecule has 1 aromatic rings. The number of benzene rings is 1. The number of nitriles is 1. The number of hydrogen-bond acceptors (Lipinski definition) is 5. The summed E-state index contributed by atoms with van der Waals surface area (Å²) >= 11 is 0. The van der Waals surface area contributed by atoms with E-state index in [-0.39, 0.29) is 19.5 Å². The number of morpholine rings is 1. The van der Waals surface area contributed by atoms with Gasteiger partial charge in [0, 0.05) is 46.2 Å². The summed E-state index contributed by atoms with van der Waals surface area (Å²) < 4.78 is 33.5. The minimum atomic E-state index is -3.58. The zero-order chi connectivity index (χ0) is 17.4. The lowest BCUT2D eigenvalue weighted by atomic mass is 10.1. The molecule has 2 rings (SSSR count). The average Bonchev–Trinajstić information content (AvgIpc) is 2.60. The molecule has 1 fully saturated rings. The van der Waals surface area contributed by atoms with Gasteiger partial charge in [-0.25, -0.2) is 0 Å². The van der Waals surface area contributed by atoms with Crippen molar-refractivity contribution in [3.63, 3.8) is 0 Å². The Labute approximate surface area is 144 Å². The van der Waals surface area contributed by atoms with Crippen LogP contribution in [-0.2, 0) is 28.0 Å². The standard InChI is InChI=1S/C16H24N4O3S/c1-19(8-4-7-17)24(21,22)18-13-15-5-2-3-6-16(15)14-20-9-11-23-12-10-20/h2-3,5-6,18H,4,8-14H2,1H3. The molecule has 0 spiro atoms. The van der Waals surface area contributed by atoms with Gasteiger partial charge >= 0.3 is 0 Å². The van der Waals surface area contributed by atoms with E-state index < -0.39 is 10.2 Å². The van der Waals surface area contributed by atoms with Crippen molar-refractivity contribution in [3.05, 3.63) is 35.4 Å². The van der Waals surface area contributed by atoms with Crippen LogP contribution in [0, 0.1) is 11.3 Å². The van der Waals surface area contributed by atoms with Gasteiger partial charge in [-0.1, -0.05) is 24.3 Å². The number of rotatable bonds is 8. The molecule has 0 amide bonds. The van der Waals surface area contributed by atoms with Gasteiger partial charge in [0.1, 0.15) is 0 Å². The molecule has 24 heavy (non-hydrogen) atoms. The number of ether oxygens (including phenoxy) is 1. The Morgan fingerprint density at radius 2 is 1.96 bits per heavy atom. The van der Waals surface area contributed by atoms with Crippen LogP contribution < -0.4 is 4.72 Å². The van der Waals surface area contributed by atoms with Gasteiger partial charge < -0.3 is 4.74 Å². The second kappa shape index (κ2) is 9.11. The van der Waals surface area contributed by atoms with E-state index >= 15 is 0 Å². The van der Waals surface area contributed by atoms with Crippen molar-refractivity contribution in [2.75, 3.05) is 39.9 Å². The van der Waals surface area contributed by atoms with Crippen LogP contribution in [0.1, 0.15) is 17.5 Å². The van der Waals surface area contributed by atoms with E-state index in [4.69, 9.17) is 10.00 Å². The smallest absolute Gasteiger partial charge is 0.279 e. The van der Waals surface area contributed by atoms with Gasteiger partial charge in [0.15, 0.2) is 0 Å². The van der Waals surface area contributed by atoms with E-state index in [1.807, 2.05) is 30.3 Å². The molecule has 0 unspecified atom stereocenters. The van der Waals surface area contributed by atoms with Crippen molar-refractivity contribution >= 4 is 10.2 Å². The maximum absolute atomic E-state index is 12.2. The van der Waals surface area contributed by atoms with Gasteiger partial charge in [0.05, 0.1) is 19.3 Å². The van der Waals surface area contributed by atoms with Crippen molar-refractivity contribution < 1.29 is 13.2 Å². The molecule has 8 heteroatoms. The summed E-state index contributed by atoms with van der Waals surface area (Å²) in [4.78, 5) is 2.30. The van der Waals surface area contributed by atoms with Crippen LogP contribution in [0.2, 0.25) is 0 Å². The van der Waals surface area contributed by atoms with E-state index in [9.17, 15) is 8.42 Å². The van der Waals surface area contributed by atoms with Crippen molar-refractivity contribution in [1.29, 1.82) is 5.26 Å². The first-order chi connectivity index (χ1) is 11.5. The third-order valence-corrected chi connectivity index (χ3v) is 5.52. The Morgan fingerprint density at radius 1 is 1.29 bits per heavy atom. The first-order valence-electron chi connectivity index (χ1n) is 7.97. The Balaban J connectivity index is 1.98.